The lowest BCUT2D eigenvalue weighted by Crippen LogP contribution is -2.53. The highest BCUT2D eigenvalue weighted by molar-refractivity contribution is 7.13. The van der Waals surface area contributed by atoms with E-state index in [0.717, 1.165) is 105 Å². The zero-order valence-electron chi connectivity index (χ0n) is 39.6. The summed E-state index contributed by atoms with van der Waals surface area (Å²) in [6, 6.07) is 21.7. The number of carbonyl (C=O) groups excluding carboxylic acids is 3. The highest BCUT2D eigenvalue weighted by atomic mass is 32.1. The number of hydrogen-bond acceptors (Lipinski definition) is 10. The van der Waals surface area contributed by atoms with E-state index in [0.29, 0.717) is 6.61 Å². The van der Waals surface area contributed by atoms with Gasteiger partial charge in [-0.15, -0.1) is 11.3 Å². The smallest absolute Gasteiger partial charge is 0.258 e. The van der Waals surface area contributed by atoms with E-state index in [1.807, 2.05) is 78.2 Å². The second kappa shape index (κ2) is 20.5. The van der Waals surface area contributed by atoms with E-state index in [4.69, 9.17) is 15.8 Å². The van der Waals surface area contributed by atoms with Crippen molar-refractivity contribution in [1.29, 1.82) is 0 Å². The molecule has 1 unspecified atom stereocenters. The van der Waals surface area contributed by atoms with Crippen LogP contribution in [-0.4, -0.2) is 64.7 Å². The second-order valence-electron chi connectivity index (χ2n) is 19.4. The van der Waals surface area contributed by atoms with Gasteiger partial charge in [0.05, 0.1) is 45.9 Å². The minimum Gasteiger partial charge on any atom is -0.393 e. The van der Waals surface area contributed by atoms with Crippen LogP contribution in [0.3, 0.4) is 0 Å². The molecule has 0 aliphatic heterocycles. The summed E-state index contributed by atoms with van der Waals surface area (Å²) >= 11 is 1.59. The van der Waals surface area contributed by atoms with Gasteiger partial charge in [0.15, 0.2) is 5.78 Å². The Kier molecular flexibility index (Phi) is 15.0. The van der Waals surface area contributed by atoms with E-state index in [9.17, 15) is 19.5 Å². The van der Waals surface area contributed by atoms with Crippen LogP contribution in [0.2, 0.25) is 0 Å². The lowest BCUT2D eigenvalue weighted by atomic mass is 9.77. The van der Waals surface area contributed by atoms with Crippen molar-refractivity contribution < 1.29 is 28.8 Å². The molecule has 2 fully saturated rings. The third kappa shape index (κ3) is 10.9. The molecule has 2 saturated carbocycles. The van der Waals surface area contributed by atoms with Crippen molar-refractivity contribution in [2.75, 3.05) is 24.7 Å². The van der Waals surface area contributed by atoms with Crippen LogP contribution in [0.5, 0.6) is 0 Å². The number of hydrogen-bond donors (Lipinski definition) is 3. The fourth-order valence-electron chi connectivity index (χ4n) is 9.34. The van der Waals surface area contributed by atoms with Gasteiger partial charge in [0.1, 0.15) is 12.4 Å². The number of unbranched alkanes of at least 4 members (excludes halogenated alkanes) is 2. The molecule has 66 heavy (non-hydrogen) atoms. The maximum atomic E-state index is 14.3. The minimum atomic E-state index is -0.879. The number of rotatable bonds is 19. The largest absolute Gasteiger partial charge is 0.393 e. The third-order valence-corrected chi connectivity index (χ3v) is 14.3. The summed E-state index contributed by atoms with van der Waals surface area (Å²) < 4.78 is 11.4. The van der Waals surface area contributed by atoms with Gasteiger partial charge in [-0.1, -0.05) is 62.3 Å². The van der Waals surface area contributed by atoms with Crippen LogP contribution in [0.25, 0.3) is 26.4 Å². The van der Waals surface area contributed by atoms with Crippen molar-refractivity contribution in [3.05, 3.63) is 117 Å². The Bertz CT molecular complexity index is 2530. The summed E-state index contributed by atoms with van der Waals surface area (Å²) in [7, 11) is 0. The monoisotopic (exact) mass is 912 g/mol. The van der Waals surface area contributed by atoms with Gasteiger partial charge in [0.25, 0.3) is 5.54 Å². The number of benzene rings is 3. The quantitative estimate of drug-likeness (QED) is 0.0543. The number of Topliss-reactive ketones (excluding diaryl/α,β-unsaturated/α-hetero) is 1. The average Bonchev–Trinajstić information content (AvgIpc) is 3.62. The fraction of sp³-hybridized carbons (Fsp3) is 0.472. The number of amides is 2. The van der Waals surface area contributed by atoms with Crippen LogP contribution in [0.1, 0.15) is 113 Å². The van der Waals surface area contributed by atoms with Crippen molar-refractivity contribution in [1.82, 2.24) is 20.8 Å². The molecule has 3 N–H and O–H groups in total. The van der Waals surface area contributed by atoms with Gasteiger partial charge < -0.3 is 34.7 Å². The number of nitrogens with one attached hydrogen (secondary N) is 2. The first-order valence-corrected chi connectivity index (χ1v) is 24.1. The van der Waals surface area contributed by atoms with Crippen LogP contribution >= 0.6 is 11.3 Å². The molecule has 2 aromatic heterocycles. The van der Waals surface area contributed by atoms with Gasteiger partial charge in [-0.3, -0.25) is 14.4 Å². The van der Waals surface area contributed by atoms with Gasteiger partial charge in [-0.25, -0.2) is 11.6 Å². The molecule has 12 nitrogen and oxygen atoms in total. The van der Waals surface area contributed by atoms with Crippen molar-refractivity contribution in [2.24, 2.45) is 17.3 Å². The van der Waals surface area contributed by atoms with E-state index >= 15 is 0 Å². The summed E-state index contributed by atoms with van der Waals surface area (Å²) in [6.45, 7) is 24.2. The first-order chi connectivity index (χ1) is 31.5. The molecule has 5 aromatic rings. The number of aliphatic hydroxyl groups excluding tert-OH is 1. The van der Waals surface area contributed by atoms with Gasteiger partial charge in [0, 0.05) is 54.4 Å². The van der Waals surface area contributed by atoms with Crippen molar-refractivity contribution in [2.45, 2.75) is 124 Å². The highest BCUT2D eigenvalue weighted by Gasteiger charge is 2.52. The van der Waals surface area contributed by atoms with Crippen LogP contribution in [0.4, 0.5) is 11.4 Å². The Morgan fingerprint density at radius 2 is 1.64 bits per heavy atom. The number of aliphatic hydroxyl groups is 1. The molecule has 2 amide bonds. The molecule has 348 valence electrons. The fourth-order valence-corrected chi connectivity index (χ4v) is 10.2. The van der Waals surface area contributed by atoms with Crippen LogP contribution in [0, 0.1) is 51.5 Å². The van der Waals surface area contributed by atoms with Gasteiger partial charge >= 0.3 is 0 Å². The molecule has 2 heterocycles. The molecule has 13 heteroatoms. The molecular formula is C53H64N6O6S. The molecule has 0 radical (unpaired) electrons. The standard InChI is InChI=1S/C53H64N6O6S/c1-32-13-14-39(47-34(3)58-65-36(47)5)27-45(32)59(41-21-19-40(20-22-41)53(54-9)23-24-53)25-11-10-12-26-64-30-46(61)57-50(52(6,7)8)48(62)43-28-42(60)29-44(43)51(63)56-33(2)37-15-17-38(18-16-37)49-35(4)55-31-66-49/h13-22,27,31,33,42-44,50,60H,10-12,23-26,28-30H2,1-8H3,(H,56,63)(H,57,61)/t33-,42-,43?,44+,50+/m0/s1. The number of ether oxygens (including phenoxy) is 1. The highest BCUT2D eigenvalue weighted by Crippen LogP contribution is 2.50. The van der Waals surface area contributed by atoms with Crippen LogP contribution < -0.4 is 15.5 Å². The maximum Gasteiger partial charge on any atom is 0.258 e. The van der Waals surface area contributed by atoms with Crippen molar-refractivity contribution >= 4 is 40.3 Å². The molecule has 2 aliphatic carbocycles. The molecule has 7 rings (SSSR count). The summed E-state index contributed by atoms with van der Waals surface area (Å²) in [5.41, 5.74) is 11.0. The van der Waals surface area contributed by atoms with Gasteiger partial charge in [-0.2, -0.15) is 0 Å². The van der Waals surface area contributed by atoms with E-state index in [1.165, 1.54) is 0 Å². The van der Waals surface area contributed by atoms with E-state index in [1.54, 1.807) is 11.3 Å². The predicted molar refractivity (Wildman–Crippen MR) is 259 cm³/mol. The van der Waals surface area contributed by atoms with Crippen LogP contribution in [0.15, 0.2) is 76.8 Å². The Morgan fingerprint density at radius 3 is 2.26 bits per heavy atom. The lowest BCUT2D eigenvalue weighted by Gasteiger charge is -2.33. The molecule has 5 atom stereocenters. The zero-order chi connectivity index (χ0) is 47.3. The van der Waals surface area contributed by atoms with Crippen LogP contribution in [-0.2, 0) is 24.7 Å². The number of nitrogens with zero attached hydrogens (tertiary/aromatic N) is 4. The molecule has 0 spiro atoms. The summed E-state index contributed by atoms with van der Waals surface area (Å²) in [5.74, 6) is -1.64. The average molecular weight is 913 g/mol. The van der Waals surface area contributed by atoms with Crippen molar-refractivity contribution in [3.63, 3.8) is 0 Å². The number of anilines is 2. The Labute approximate surface area is 393 Å². The molecule has 3 aromatic carbocycles. The Morgan fingerprint density at radius 1 is 0.939 bits per heavy atom. The van der Waals surface area contributed by atoms with E-state index in [-0.39, 0.29) is 42.7 Å². The molecule has 0 bridgehead atoms. The second-order valence-corrected chi connectivity index (χ2v) is 20.2. The maximum absolute atomic E-state index is 14.3. The SMILES string of the molecule is [C-]#[N+]C1(c2ccc(N(CCCCCOCC(=O)N[C@H](C(=O)C3C[C@H](O)C[C@H]3C(=O)N[C@@H](C)c3ccc(-c4scnc4C)cc3)C(C)(C)C)c3cc(-c4c(C)noc4C)ccc3C)cc2)CC1. The van der Waals surface area contributed by atoms with Gasteiger partial charge in [0.2, 0.25) is 11.8 Å². The number of carbonyl (C=O) groups is 3. The number of aryl methyl sites for hydroxylation is 4. The minimum absolute atomic E-state index is 0.158. The van der Waals surface area contributed by atoms with E-state index < -0.39 is 35.3 Å². The summed E-state index contributed by atoms with van der Waals surface area (Å²) in [5, 5.41) is 21.0. The normalized spacial score (nSPS) is 18.6. The van der Waals surface area contributed by atoms with Crippen molar-refractivity contribution in [3.8, 4) is 21.6 Å². The lowest BCUT2D eigenvalue weighted by molar-refractivity contribution is -0.138. The molecule has 0 saturated heterocycles. The zero-order valence-corrected chi connectivity index (χ0v) is 40.4. The third-order valence-electron chi connectivity index (χ3n) is 13.4. The Hall–Kier alpha value is -5.68. The summed E-state index contributed by atoms with van der Waals surface area (Å²) in [4.78, 5) is 53.1. The molecular weight excluding hydrogens is 849 g/mol. The molecule has 2 aliphatic rings. The van der Waals surface area contributed by atoms with Gasteiger partial charge in [-0.05, 0) is 125 Å². The first-order valence-electron chi connectivity index (χ1n) is 23.2. The topological polar surface area (TPSA) is 151 Å². The first kappa shape index (κ1) is 48.3. The predicted octanol–water partition coefficient (Wildman–Crippen LogP) is 10.3. The summed E-state index contributed by atoms with van der Waals surface area (Å²) in [6.07, 6.45) is 3.78. The number of ketones is 1. The van der Waals surface area contributed by atoms with E-state index in [2.05, 4.69) is 79.9 Å². The number of aromatic nitrogens is 2. The Balaban J connectivity index is 0.921. The number of thiazole rings is 1.